The zero-order valence-electron chi connectivity index (χ0n) is 15.8. The minimum absolute atomic E-state index is 0. The van der Waals surface area contributed by atoms with Gasteiger partial charge in [-0.05, 0) is 44.2 Å². The summed E-state index contributed by atoms with van der Waals surface area (Å²) < 4.78 is 10.6. The molecule has 0 bridgehead atoms. The van der Waals surface area contributed by atoms with Gasteiger partial charge in [-0.2, -0.15) is 0 Å². The summed E-state index contributed by atoms with van der Waals surface area (Å²) in [4.78, 5) is 15.8. The van der Waals surface area contributed by atoms with Crippen LogP contribution in [-0.2, 0) is 16.1 Å². The number of nitrogens with zero attached hydrogens (tertiary/aromatic N) is 1. The number of hydrogen-bond donors (Lipinski definition) is 2. The maximum absolute atomic E-state index is 11.2. The molecule has 1 aromatic carbocycles. The standard InChI is InChI=1S/C19H29N3O3.HI/c1-4-20-19(21-10-9-18(23)24-3)22-12-16-8-5-14(2)11-17(16)25-13-15-6-7-15;/h5,8,11,15H,4,6-7,9-10,12-13H2,1-3H3,(H2,20,21,22);1H. The van der Waals surface area contributed by atoms with Crippen molar-refractivity contribution in [2.45, 2.75) is 39.7 Å². The van der Waals surface area contributed by atoms with Gasteiger partial charge in [-0.25, -0.2) is 4.99 Å². The van der Waals surface area contributed by atoms with Crippen LogP contribution in [0.2, 0.25) is 0 Å². The molecule has 1 fully saturated rings. The van der Waals surface area contributed by atoms with Gasteiger partial charge >= 0.3 is 5.97 Å². The van der Waals surface area contributed by atoms with Gasteiger partial charge in [0.1, 0.15) is 5.75 Å². The Bertz CT molecular complexity index is 604. The summed E-state index contributed by atoms with van der Waals surface area (Å²) >= 11 is 0. The summed E-state index contributed by atoms with van der Waals surface area (Å²) in [6.07, 6.45) is 2.85. The molecule has 0 aromatic heterocycles. The van der Waals surface area contributed by atoms with E-state index in [-0.39, 0.29) is 29.9 Å². The SMILES string of the molecule is CCNC(=NCc1ccc(C)cc1OCC1CC1)NCCC(=O)OC.I. The third-order valence-corrected chi connectivity index (χ3v) is 4.00. The van der Waals surface area contributed by atoms with E-state index in [0.29, 0.717) is 31.4 Å². The average molecular weight is 475 g/mol. The smallest absolute Gasteiger partial charge is 0.307 e. The van der Waals surface area contributed by atoms with E-state index in [9.17, 15) is 4.79 Å². The number of benzene rings is 1. The molecule has 1 aromatic rings. The van der Waals surface area contributed by atoms with Crippen molar-refractivity contribution in [3.8, 4) is 5.75 Å². The van der Waals surface area contributed by atoms with Crippen molar-refractivity contribution in [3.05, 3.63) is 29.3 Å². The highest BCUT2D eigenvalue weighted by Crippen LogP contribution is 2.30. The van der Waals surface area contributed by atoms with Crippen LogP contribution >= 0.6 is 24.0 Å². The predicted molar refractivity (Wildman–Crippen MR) is 114 cm³/mol. The number of esters is 1. The average Bonchev–Trinajstić information content (AvgIpc) is 3.43. The van der Waals surface area contributed by atoms with Gasteiger partial charge in [-0.15, -0.1) is 24.0 Å². The van der Waals surface area contributed by atoms with Crippen molar-refractivity contribution < 1.29 is 14.3 Å². The number of carbonyl (C=O) groups excluding carboxylic acids is 1. The third-order valence-electron chi connectivity index (χ3n) is 4.00. The number of aliphatic imine (C=N–C) groups is 1. The molecule has 2 N–H and O–H groups in total. The van der Waals surface area contributed by atoms with Crippen LogP contribution in [0.25, 0.3) is 0 Å². The van der Waals surface area contributed by atoms with Gasteiger partial charge in [0.25, 0.3) is 0 Å². The van der Waals surface area contributed by atoms with Crippen molar-refractivity contribution in [3.63, 3.8) is 0 Å². The van der Waals surface area contributed by atoms with Crippen LogP contribution in [0.4, 0.5) is 0 Å². The molecule has 0 heterocycles. The van der Waals surface area contributed by atoms with Gasteiger partial charge in [0.15, 0.2) is 5.96 Å². The molecule has 0 aliphatic heterocycles. The van der Waals surface area contributed by atoms with Crippen LogP contribution in [0.1, 0.15) is 37.3 Å². The fourth-order valence-corrected chi connectivity index (χ4v) is 2.31. The maximum atomic E-state index is 11.2. The summed E-state index contributed by atoms with van der Waals surface area (Å²) in [6.45, 7) is 6.62. The Kier molecular flexibility index (Phi) is 10.4. The van der Waals surface area contributed by atoms with Crippen LogP contribution in [0.5, 0.6) is 5.75 Å². The molecule has 1 aliphatic rings. The molecule has 7 heteroatoms. The van der Waals surface area contributed by atoms with Crippen LogP contribution in [0.3, 0.4) is 0 Å². The fraction of sp³-hybridized carbons (Fsp3) is 0.579. The minimum Gasteiger partial charge on any atom is -0.493 e. The topological polar surface area (TPSA) is 72.0 Å². The Morgan fingerprint density at radius 2 is 2.08 bits per heavy atom. The summed E-state index contributed by atoms with van der Waals surface area (Å²) in [7, 11) is 1.39. The van der Waals surface area contributed by atoms with E-state index < -0.39 is 0 Å². The predicted octanol–water partition coefficient (Wildman–Crippen LogP) is 3.02. The van der Waals surface area contributed by atoms with E-state index in [0.717, 1.165) is 24.5 Å². The minimum atomic E-state index is -0.238. The van der Waals surface area contributed by atoms with E-state index in [4.69, 9.17) is 4.74 Å². The lowest BCUT2D eigenvalue weighted by molar-refractivity contribution is -0.140. The number of carbonyl (C=O) groups is 1. The number of nitrogens with one attached hydrogen (secondary N) is 2. The lowest BCUT2D eigenvalue weighted by Gasteiger charge is -2.13. The van der Waals surface area contributed by atoms with Crippen molar-refractivity contribution in [1.29, 1.82) is 0 Å². The fourth-order valence-electron chi connectivity index (χ4n) is 2.31. The van der Waals surface area contributed by atoms with E-state index in [1.54, 1.807) is 0 Å². The van der Waals surface area contributed by atoms with Crippen LogP contribution in [0, 0.1) is 12.8 Å². The van der Waals surface area contributed by atoms with Crippen LogP contribution in [0.15, 0.2) is 23.2 Å². The zero-order chi connectivity index (χ0) is 18.1. The molecule has 0 radical (unpaired) electrons. The Labute approximate surface area is 173 Å². The number of hydrogen-bond acceptors (Lipinski definition) is 4. The Hall–Kier alpha value is -1.51. The van der Waals surface area contributed by atoms with Crippen molar-refractivity contribution in [2.24, 2.45) is 10.9 Å². The third kappa shape index (κ3) is 8.25. The van der Waals surface area contributed by atoms with Crippen LogP contribution < -0.4 is 15.4 Å². The van der Waals surface area contributed by atoms with Gasteiger partial charge in [-0.1, -0.05) is 12.1 Å². The second-order valence-electron chi connectivity index (χ2n) is 6.31. The molecule has 0 amide bonds. The molecule has 0 atom stereocenters. The highest BCUT2D eigenvalue weighted by Gasteiger charge is 2.22. The second-order valence-corrected chi connectivity index (χ2v) is 6.31. The molecule has 0 saturated heterocycles. The van der Waals surface area contributed by atoms with Crippen molar-refractivity contribution in [1.82, 2.24) is 10.6 Å². The first-order chi connectivity index (χ1) is 12.1. The largest absolute Gasteiger partial charge is 0.493 e. The molecule has 1 aliphatic carbocycles. The second kappa shape index (κ2) is 12.0. The highest BCUT2D eigenvalue weighted by molar-refractivity contribution is 14.0. The van der Waals surface area contributed by atoms with Gasteiger partial charge in [0.2, 0.25) is 0 Å². The number of guanidine groups is 1. The van der Waals surface area contributed by atoms with Gasteiger partial charge in [-0.3, -0.25) is 4.79 Å². The number of aryl methyl sites for hydroxylation is 1. The normalized spacial score (nSPS) is 13.6. The van der Waals surface area contributed by atoms with E-state index >= 15 is 0 Å². The molecule has 1 saturated carbocycles. The number of methoxy groups -OCH3 is 1. The van der Waals surface area contributed by atoms with E-state index in [1.165, 1.54) is 25.5 Å². The summed E-state index contributed by atoms with van der Waals surface area (Å²) in [5.41, 5.74) is 2.25. The van der Waals surface area contributed by atoms with Gasteiger partial charge < -0.3 is 20.1 Å². The van der Waals surface area contributed by atoms with Crippen LogP contribution in [-0.4, -0.2) is 38.7 Å². The maximum Gasteiger partial charge on any atom is 0.307 e. The number of rotatable bonds is 9. The molecular formula is C19H30IN3O3. The molecule has 6 nitrogen and oxygen atoms in total. The van der Waals surface area contributed by atoms with Crippen molar-refractivity contribution in [2.75, 3.05) is 26.8 Å². The lowest BCUT2D eigenvalue weighted by atomic mass is 10.1. The first-order valence-corrected chi connectivity index (χ1v) is 8.93. The van der Waals surface area contributed by atoms with Gasteiger partial charge in [0, 0.05) is 18.7 Å². The zero-order valence-corrected chi connectivity index (χ0v) is 18.2. The number of ether oxygens (including phenoxy) is 2. The number of halogens is 1. The summed E-state index contributed by atoms with van der Waals surface area (Å²) in [5.74, 6) is 2.08. The monoisotopic (exact) mass is 475 g/mol. The Morgan fingerprint density at radius 1 is 1.31 bits per heavy atom. The Morgan fingerprint density at radius 3 is 2.73 bits per heavy atom. The first-order valence-electron chi connectivity index (χ1n) is 8.93. The molecule has 0 spiro atoms. The first kappa shape index (κ1) is 22.5. The van der Waals surface area contributed by atoms with E-state index in [2.05, 4.69) is 45.5 Å². The summed E-state index contributed by atoms with van der Waals surface area (Å²) in [5, 5.41) is 6.33. The molecule has 26 heavy (non-hydrogen) atoms. The van der Waals surface area contributed by atoms with Gasteiger partial charge in [0.05, 0.1) is 26.7 Å². The quantitative estimate of drug-likeness (QED) is 0.249. The molecule has 0 unspecified atom stereocenters. The molecular weight excluding hydrogens is 445 g/mol. The lowest BCUT2D eigenvalue weighted by Crippen LogP contribution is -2.38. The molecule has 146 valence electrons. The highest BCUT2D eigenvalue weighted by atomic mass is 127. The Balaban J connectivity index is 0.00000338. The van der Waals surface area contributed by atoms with Crippen molar-refractivity contribution >= 4 is 35.9 Å². The summed E-state index contributed by atoms with van der Waals surface area (Å²) in [6, 6.07) is 6.22. The molecule has 2 rings (SSSR count). The van der Waals surface area contributed by atoms with E-state index in [1.807, 2.05) is 6.92 Å².